The molecule has 1 aromatic heterocycles. The zero-order valence-electron chi connectivity index (χ0n) is 18.9. The highest BCUT2D eigenvalue weighted by atomic mass is 16.2. The molecule has 0 bridgehead atoms. The van der Waals surface area contributed by atoms with Crippen LogP contribution in [0.15, 0.2) is 79.0 Å². The third kappa shape index (κ3) is 5.77. The number of nitrogens with zero attached hydrogens (tertiary/aromatic N) is 2. The SMILES string of the molecule is Cc1cccnc1C(NC(=O)C1CCN(C(=O)NCc2ccccc2)CC1)c1ccccc1. The average Bonchev–Trinajstić information content (AvgIpc) is 2.87. The average molecular weight is 443 g/mol. The van der Waals surface area contributed by atoms with E-state index in [1.165, 1.54) is 0 Å². The van der Waals surface area contributed by atoms with Gasteiger partial charge in [0, 0.05) is 31.7 Å². The predicted octanol–water partition coefficient (Wildman–Crippen LogP) is 4.22. The van der Waals surface area contributed by atoms with Crippen LogP contribution in [0.3, 0.4) is 0 Å². The van der Waals surface area contributed by atoms with E-state index < -0.39 is 0 Å². The fraction of sp³-hybridized carbons (Fsp3) is 0.296. The Kier molecular flexibility index (Phi) is 7.35. The van der Waals surface area contributed by atoms with Gasteiger partial charge < -0.3 is 15.5 Å². The van der Waals surface area contributed by atoms with Crippen LogP contribution >= 0.6 is 0 Å². The molecule has 2 aromatic carbocycles. The van der Waals surface area contributed by atoms with Crippen molar-refractivity contribution in [3.05, 3.63) is 101 Å². The molecule has 0 radical (unpaired) electrons. The number of hydrogen-bond donors (Lipinski definition) is 2. The van der Waals surface area contributed by atoms with Crippen LogP contribution in [-0.2, 0) is 11.3 Å². The van der Waals surface area contributed by atoms with Crippen LogP contribution in [0, 0.1) is 12.8 Å². The first-order valence-corrected chi connectivity index (χ1v) is 11.5. The summed E-state index contributed by atoms with van der Waals surface area (Å²) in [6.07, 6.45) is 3.05. The van der Waals surface area contributed by atoms with Gasteiger partial charge in [-0.1, -0.05) is 66.7 Å². The monoisotopic (exact) mass is 442 g/mol. The van der Waals surface area contributed by atoms with E-state index in [0.29, 0.717) is 32.5 Å². The minimum Gasteiger partial charge on any atom is -0.343 e. The van der Waals surface area contributed by atoms with Gasteiger partial charge in [-0.2, -0.15) is 0 Å². The van der Waals surface area contributed by atoms with Gasteiger partial charge in [0.15, 0.2) is 0 Å². The lowest BCUT2D eigenvalue weighted by Crippen LogP contribution is -2.47. The highest BCUT2D eigenvalue weighted by molar-refractivity contribution is 5.80. The van der Waals surface area contributed by atoms with Crippen molar-refractivity contribution in [1.29, 1.82) is 0 Å². The number of aryl methyl sites for hydroxylation is 1. The second-order valence-corrected chi connectivity index (χ2v) is 8.46. The Morgan fingerprint density at radius 1 is 0.970 bits per heavy atom. The summed E-state index contributed by atoms with van der Waals surface area (Å²) in [6.45, 7) is 3.65. The van der Waals surface area contributed by atoms with Crippen molar-refractivity contribution in [3.8, 4) is 0 Å². The molecule has 3 aromatic rings. The molecule has 1 fully saturated rings. The quantitative estimate of drug-likeness (QED) is 0.600. The maximum atomic E-state index is 13.2. The van der Waals surface area contributed by atoms with Crippen LogP contribution in [0.2, 0.25) is 0 Å². The summed E-state index contributed by atoms with van der Waals surface area (Å²) < 4.78 is 0. The minimum absolute atomic E-state index is 0.0123. The Morgan fingerprint density at radius 2 is 1.64 bits per heavy atom. The highest BCUT2D eigenvalue weighted by Crippen LogP contribution is 2.25. The van der Waals surface area contributed by atoms with Gasteiger partial charge in [-0.25, -0.2) is 4.79 Å². The molecule has 170 valence electrons. The summed E-state index contributed by atoms with van der Waals surface area (Å²) in [4.78, 5) is 32.1. The third-order valence-electron chi connectivity index (χ3n) is 6.18. The first-order valence-electron chi connectivity index (χ1n) is 11.5. The maximum absolute atomic E-state index is 13.2. The molecule has 2 N–H and O–H groups in total. The van der Waals surface area contributed by atoms with Gasteiger partial charge in [-0.3, -0.25) is 9.78 Å². The number of urea groups is 1. The Hall–Kier alpha value is -3.67. The molecule has 0 spiro atoms. The number of nitrogens with one attached hydrogen (secondary N) is 2. The number of benzene rings is 2. The number of carbonyl (C=O) groups is 2. The van der Waals surface area contributed by atoms with Crippen LogP contribution in [-0.4, -0.2) is 34.9 Å². The second kappa shape index (κ2) is 10.8. The van der Waals surface area contributed by atoms with Gasteiger partial charge in [0.25, 0.3) is 0 Å². The third-order valence-corrected chi connectivity index (χ3v) is 6.18. The van der Waals surface area contributed by atoms with Gasteiger partial charge in [-0.05, 0) is 42.5 Å². The lowest BCUT2D eigenvalue weighted by molar-refractivity contribution is -0.126. The van der Waals surface area contributed by atoms with E-state index >= 15 is 0 Å². The Balaban J connectivity index is 1.35. The van der Waals surface area contributed by atoms with E-state index in [1.54, 1.807) is 11.1 Å². The van der Waals surface area contributed by atoms with Crippen molar-refractivity contribution in [2.75, 3.05) is 13.1 Å². The molecule has 2 heterocycles. The molecule has 1 unspecified atom stereocenters. The summed E-state index contributed by atoms with van der Waals surface area (Å²) in [7, 11) is 0. The van der Waals surface area contributed by atoms with E-state index in [4.69, 9.17) is 0 Å². The van der Waals surface area contributed by atoms with Crippen molar-refractivity contribution in [3.63, 3.8) is 0 Å². The van der Waals surface area contributed by atoms with Crippen LogP contribution in [0.5, 0.6) is 0 Å². The number of amides is 3. The predicted molar refractivity (Wildman–Crippen MR) is 128 cm³/mol. The lowest BCUT2D eigenvalue weighted by atomic mass is 9.94. The number of pyridine rings is 1. The van der Waals surface area contributed by atoms with Crippen molar-refractivity contribution in [2.45, 2.75) is 32.4 Å². The summed E-state index contributed by atoms with van der Waals surface area (Å²) in [5.74, 6) is -0.114. The van der Waals surface area contributed by atoms with Crippen molar-refractivity contribution in [2.24, 2.45) is 5.92 Å². The topological polar surface area (TPSA) is 74.3 Å². The van der Waals surface area contributed by atoms with E-state index in [0.717, 1.165) is 22.4 Å². The Bertz CT molecular complexity index is 1060. The number of likely N-dealkylation sites (tertiary alicyclic amines) is 1. The molecule has 1 aliphatic heterocycles. The van der Waals surface area contributed by atoms with Gasteiger partial charge in [-0.15, -0.1) is 0 Å². The maximum Gasteiger partial charge on any atom is 0.317 e. The standard InChI is InChI=1S/C27H30N4O2/c1-20-9-8-16-28-24(20)25(22-12-6-3-7-13-22)30-26(32)23-14-17-31(18-15-23)27(33)29-19-21-10-4-2-5-11-21/h2-13,16,23,25H,14-15,17-19H2,1H3,(H,29,33)(H,30,32). The minimum atomic E-state index is -0.299. The zero-order valence-corrected chi connectivity index (χ0v) is 18.9. The van der Waals surface area contributed by atoms with Gasteiger partial charge >= 0.3 is 6.03 Å². The van der Waals surface area contributed by atoms with E-state index in [-0.39, 0.29) is 23.9 Å². The number of rotatable bonds is 6. The fourth-order valence-electron chi connectivity index (χ4n) is 4.25. The molecule has 6 nitrogen and oxygen atoms in total. The summed E-state index contributed by atoms with van der Waals surface area (Å²) in [5, 5.41) is 6.20. The van der Waals surface area contributed by atoms with Gasteiger partial charge in [0.05, 0.1) is 11.7 Å². The molecule has 1 saturated heterocycles. The second-order valence-electron chi connectivity index (χ2n) is 8.46. The van der Waals surface area contributed by atoms with E-state index in [9.17, 15) is 9.59 Å². The summed E-state index contributed by atoms with van der Waals surface area (Å²) in [6, 6.07) is 23.3. The Morgan fingerprint density at radius 3 is 2.30 bits per heavy atom. The zero-order chi connectivity index (χ0) is 23.0. The number of aromatic nitrogens is 1. The largest absolute Gasteiger partial charge is 0.343 e. The van der Waals surface area contributed by atoms with Gasteiger partial charge in [0.2, 0.25) is 5.91 Å². The summed E-state index contributed by atoms with van der Waals surface area (Å²) >= 11 is 0. The first kappa shape index (κ1) is 22.5. The van der Waals surface area contributed by atoms with Gasteiger partial charge in [0.1, 0.15) is 0 Å². The first-order chi connectivity index (χ1) is 16.1. The molecule has 0 saturated carbocycles. The van der Waals surface area contributed by atoms with E-state index in [2.05, 4.69) is 15.6 Å². The highest BCUT2D eigenvalue weighted by Gasteiger charge is 2.29. The lowest BCUT2D eigenvalue weighted by Gasteiger charge is -2.32. The fourth-order valence-corrected chi connectivity index (χ4v) is 4.25. The molecule has 3 amide bonds. The van der Waals surface area contributed by atoms with Crippen LogP contribution in [0.25, 0.3) is 0 Å². The van der Waals surface area contributed by atoms with Crippen molar-refractivity contribution >= 4 is 11.9 Å². The normalized spacial score (nSPS) is 15.0. The van der Waals surface area contributed by atoms with Crippen molar-refractivity contribution < 1.29 is 9.59 Å². The summed E-state index contributed by atoms with van der Waals surface area (Å²) in [5.41, 5.74) is 3.97. The molecular weight excluding hydrogens is 412 g/mol. The molecule has 33 heavy (non-hydrogen) atoms. The van der Waals surface area contributed by atoms with Crippen LogP contribution < -0.4 is 10.6 Å². The molecule has 1 aliphatic rings. The molecule has 4 rings (SSSR count). The smallest absolute Gasteiger partial charge is 0.317 e. The molecule has 0 aliphatic carbocycles. The van der Waals surface area contributed by atoms with Crippen LogP contribution in [0.4, 0.5) is 4.79 Å². The van der Waals surface area contributed by atoms with Crippen LogP contribution in [0.1, 0.15) is 41.3 Å². The number of hydrogen-bond acceptors (Lipinski definition) is 3. The number of carbonyl (C=O) groups excluding carboxylic acids is 2. The Labute approximate surface area is 195 Å². The van der Waals surface area contributed by atoms with Crippen molar-refractivity contribution in [1.82, 2.24) is 20.5 Å². The molecular formula is C27H30N4O2. The van der Waals surface area contributed by atoms with E-state index in [1.807, 2.05) is 79.7 Å². The molecule has 6 heteroatoms. The molecule has 1 atom stereocenters. The number of piperidine rings is 1.